The molecular weight excluding hydrogens is 315 g/mol. The Morgan fingerprint density at radius 2 is 2.12 bits per heavy atom. The van der Waals surface area contributed by atoms with Crippen LogP contribution in [0.2, 0.25) is 0 Å². The number of aliphatic carboxylic acids is 1. The molecule has 5 N–H and O–H groups in total. The average Bonchev–Trinajstić information content (AvgIpc) is 2.78. The minimum Gasteiger partial charge on any atom is -0.480 e. The van der Waals surface area contributed by atoms with Crippen molar-refractivity contribution in [2.24, 2.45) is 5.73 Å². The number of carbonyl (C=O) groups is 2. The third kappa shape index (κ3) is 3.72. The minimum atomic E-state index is -1.20. The number of amides is 1. The third-order valence-electron chi connectivity index (χ3n) is 4.49. The van der Waals surface area contributed by atoms with Gasteiger partial charge in [-0.2, -0.15) is 0 Å². The monoisotopic (exact) mass is 338 g/mol. The highest BCUT2D eigenvalue weighted by atomic mass is 19.1. The van der Waals surface area contributed by atoms with Gasteiger partial charge in [-0.15, -0.1) is 0 Å². The van der Waals surface area contributed by atoms with Crippen LogP contribution in [0.1, 0.15) is 35.7 Å². The zero-order valence-electron chi connectivity index (χ0n) is 13.9. The predicted octanol–water partition coefficient (Wildman–Crippen LogP) is 0.278. The Balaban J connectivity index is 2.19. The van der Waals surface area contributed by atoms with Crippen molar-refractivity contribution in [3.05, 3.63) is 35.1 Å². The number of benzene rings is 1. The summed E-state index contributed by atoms with van der Waals surface area (Å²) in [7, 11) is 1.89. The smallest absolute Gasteiger partial charge is 0.322 e. The van der Waals surface area contributed by atoms with Crippen LogP contribution in [0.4, 0.5) is 4.39 Å². The van der Waals surface area contributed by atoms with E-state index in [1.54, 1.807) is 0 Å². The quantitative estimate of drug-likeness (QED) is 0.614. The number of carboxylic acids is 1. The topological polar surface area (TPSA) is 108 Å². The first-order valence-corrected chi connectivity index (χ1v) is 7.77. The molecule has 1 aliphatic rings. The molecule has 132 valence electrons. The molecule has 0 aliphatic carbocycles. The normalized spacial score (nSPS) is 25.5. The number of likely N-dealkylation sites (N-methyl/N-ethyl adjacent to an activating group) is 1. The number of rotatable bonds is 5. The van der Waals surface area contributed by atoms with Gasteiger partial charge in [0.2, 0.25) is 0 Å². The summed E-state index contributed by atoms with van der Waals surface area (Å²) in [6.07, 6.45) is 0. The Hall–Kier alpha value is -2.03. The maximum Gasteiger partial charge on any atom is 0.322 e. The summed E-state index contributed by atoms with van der Waals surface area (Å²) in [4.78, 5) is 22.9. The summed E-state index contributed by atoms with van der Waals surface area (Å²) in [6.45, 7) is 3.75. The summed E-state index contributed by atoms with van der Waals surface area (Å²) in [5, 5.41) is 13.1. The molecule has 1 heterocycles. The molecule has 8 heteroatoms. The Labute approximate surface area is 140 Å². The summed E-state index contributed by atoms with van der Waals surface area (Å²) in [5.74, 6) is -2.15. The first-order chi connectivity index (χ1) is 11.2. The molecule has 0 spiro atoms. The molecule has 1 aliphatic heterocycles. The molecule has 7 nitrogen and oxygen atoms in total. The highest BCUT2D eigenvalue weighted by Gasteiger charge is 2.37. The molecule has 0 aromatic heterocycles. The van der Waals surface area contributed by atoms with Gasteiger partial charge in [0.05, 0.1) is 0 Å². The zero-order valence-corrected chi connectivity index (χ0v) is 13.9. The van der Waals surface area contributed by atoms with Crippen LogP contribution in [0.3, 0.4) is 0 Å². The molecule has 0 saturated carbocycles. The molecule has 0 radical (unpaired) electrons. The second-order valence-electron chi connectivity index (χ2n) is 6.19. The van der Waals surface area contributed by atoms with E-state index in [0.717, 1.165) is 0 Å². The number of carboxylic acid groups (broad SMARTS) is 1. The largest absolute Gasteiger partial charge is 0.480 e. The lowest BCUT2D eigenvalue weighted by atomic mass is 9.87. The SMILES string of the molecule is CC1NN(C)C(C)C1c1cc(C(=O)NC[C@@H](N)C(=O)O)ccc1F. The van der Waals surface area contributed by atoms with Crippen molar-refractivity contribution in [3.63, 3.8) is 0 Å². The van der Waals surface area contributed by atoms with E-state index in [1.165, 1.54) is 18.2 Å². The number of hydrogen-bond donors (Lipinski definition) is 4. The minimum absolute atomic E-state index is 0.0262. The molecule has 2 rings (SSSR count). The molecule has 1 aromatic rings. The van der Waals surface area contributed by atoms with Crippen LogP contribution in [0, 0.1) is 5.82 Å². The summed E-state index contributed by atoms with van der Waals surface area (Å²) in [5.41, 5.74) is 9.32. The van der Waals surface area contributed by atoms with Crippen molar-refractivity contribution < 1.29 is 19.1 Å². The Morgan fingerprint density at radius 1 is 1.46 bits per heavy atom. The van der Waals surface area contributed by atoms with Gasteiger partial charge in [0.15, 0.2) is 0 Å². The molecule has 1 saturated heterocycles. The van der Waals surface area contributed by atoms with E-state index < -0.39 is 17.9 Å². The Kier molecular flexibility index (Phi) is 5.53. The number of hydrazine groups is 1. The molecule has 4 atom stereocenters. The van der Waals surface area contributed by atoms with E-state index in [4.69, 9.17) is 10.8 Å². The number of nitrogens with one attached hydrogen (secondary N) is 2. The van der Waals surface area contributed by atoms with Gasteiger partial charge >= 0.3 is 5.97 Å². The maximum absolute atomic E-state index is 14.3. The van der Waals surface area contributed by atoms with E-state index in [1.807, 2.05) is 25.9 Å². The van der Waals surface area contributed by atoms with Gasteiger partial charge in [0.25, 0.3) is 5.91 Å². The standard InChI is InChI=1S/C16H23FN4O3/c1-8-14(9(2)21(3)20-8)11-6-10(4-5-12(11)17)15(22)19-7-13(18)16(23)24/h4-6,8-9,13-14,20H,7,18H2,1-3H3,(H,19,22)(H,23,24)/t8?,9?,13-,14?/m1/s1. The van der Waals surface area contributed by atoms with Crippen LogP contribution < -0.4 is 16.5 Å². The third-order valence-corrected chi connectivity index (χ3v) is 4.49. The van der Waals surface area contributed by atoms with Gasteiger partial charge in [0, 0.05) is 37.2 Å². The molecule has 24 heavy (non-hydrogen) atoms. The molecule has 0 bridgehead atoms. The van der Waals surface area contributed by atoms with E-state index in [2.05, 4.69) is 10.7 Å². The lowest BCUT2D eigenvalue weighted by Gasteiger charge is -2.21. The molecule has 1 aromatic carbocycles. The second-order valence-corrected chi connectivity index (χ2v) is 6.19. The van der Waals surface area contributed by atoms with Crippen molar-refractivity contribution in [1.82, 2.24) is 15.8 Å². The fourth-order valence-corrected chi connectivity index (χ4v) is 3.04. The highest BCUT2D eigenvalue weighted by molar-refractivity contribution is 5.94. The number of hydrogen-bond acceptors (Lipinski definition) is 5. The van der Waals surface area contributed by atoms with E-state index in [0.29, 0.717) is 5.56 Å². The van der Waals surface area contributed by atoms with Crippen LogP contribution in [0.5, 0.6) is 0 Å². The Morgan fingerprint density at radius 3 is 2.67 bits per heavy atom. The fraction of sp³-hybridized carbons (Fsp3) is 0.500. The van der Waals surface area contributed by atoms with Gasteiger partial charge in [-0.05, 0) is 37.6 Å². The number of nitrogens with zero attached hydrogens (tertiary/aromatic N) is 1. The van der Waals surface area contributed by atoms with Gasteiger partial charge in [-0.25, -0.2) is 9.40 Å². The van der Waals surface area contributed by atoms with Crippen LogP contribution in [-0.2, 0) is 4.79 Å². The van der Waals surface area contributed by atoms with Crippen LogP contribution >= 0.6 is 0 Å². The first-order valence-electron chi connectivity index (χ1n) is 7.77. The molecule has 3 unspecified atom stereocenters. The summed E-state index contributed by atoms with van der Waals surface area (Å²) < 4.78 is 14.3. The second kappa shape index (κ2) is 7.25. The lowest BCUT2D eigenvalue weighted by molar-refractivity contribution is -0.138. The van der Waals surface area contributed by atoms with Gasteiger partial charge in [-0.1, -0.05) is 0 Å². The van der Waals surface area contributed by atoms with E-state index in [-0.39, 0.29) is 35.9 Å². The molecular formula is C16H23FN4O3. The van der Waals surface area contributed by atoms with Crippen LogP contribution in [0.25, 0.3) is 0 Å². The van der Waals surface area contributed by atoms with Gasteiger partial charge in [-0.3, -0.25) is 15.0 Å². The van der Waals surface area contributed by atoms with Crippen molar-refractivity contribution in [2.75, 3.05) is 13.6 Å². The van der Waals surface area contributed by atoms with Crippen LogP contribution in [-0.4, -0.2) is 53.7 Å². The number of carbonyl (C=O) groups excluding carboxylic acids is 1. The van der Waals surface area contributed by atoms with Crippen molar-refractivity contribution in [2.45, 2.75) is 37.9 Å². The van der Waals surface area contributed by atoms with E-state index in [9.17, 15) is 14.0 Å². The van der Waals surface area contributed by atoms with Crippen molar-refractivity contribution in [1.29, 1.82) is 0 Å². The predicted molar refractivity (Wildman–Crippen MR) is 86.9 cm³/mol. The van der Waals surface area contributed by atoms with Crippen molar-refractivity contribution in [3.8, 4) is 0 Å². The summed E-state index contributed by atoms with van der Waals surface area (Å²) in [6, 6.07) is 3.07. The van der Waals surface area contributed by atoms with Crippen LogP contribution in [0.15, 0.2) is 18.2 Å². The molecule has 1 fully saturated rings. The van der Waals surface area contributed by atoms with E-state index >= 15 is 0 Å². The molecule has 1 amide bonds. The first kappa shape index (κ1) is 18.3. The number of halogens is 1. The zero-order chi connectivity index (χ0) is 18.0. The highest BCUT2D eigenvalue weighted by Crippen LogP contribution is 2.33. The summed E-state index contributed by atoms with van der Waals surface area (Å²) >= 11 is 0. The van der Waals surface area contributed by atoms with Crippen molar-refractivity contribution >= 4 is 11.9 Å². The maximum atomic E-state index is 14.3. The fourth-order valence-electron chi connectivity index (χ4n) is 3.04. The lowest BCUT2D eigenvalue weighted by Crippen LogP contribution is -2.42. The average molecular weight is 338 g/mol. The van der Waals surface area contributed by atoms with Gasteiger partial charge < -0.3 is 16.2 Å². The number of nitrogens with two attached hydrogens (primary N) is 1. The Bertz CT molecular complexity index is 640. The van der Waals surface area contributed by atoms with Gasteiger partial charge in [0.1, 0.15) is 11.9 Å².